The van der Waals surface area contributed by atoms with Crippen LogP contribution < -0.4 is 15.6 Å². The van der Waals surface area contributed by atoms with E-state index < -0.39 is 17.9 Å². The molecule has 4 N–H and O–H groups in total. The van der Waals surface area contributed by atoms with Gasteiger partial charge in [0.2, 0.25) is 5.76 Å². The molecular formula is C27H21N3O6. The van der Waals surface area contributed by atoms with E-state index in [4.69, 9.17) is 14.4 Å². The Morgan fingerprint density at radius 2 is 1.75 bits per heavy atom. The van der Waals surface area contributed by atoms with Crippen LogP contribution in [0.2, 0.25) is 0 Å². The van der Waals surface area contributed by atoms with Crippen molar-refractivity contribution in [2.75, 3.05) is 6.61 Å². The number of nitrogens with zero attached hydrogens (tertiary/aromatic N) is 1. The molecule has 9 nitrogen and oxygen atoms in total. The van der Waals surface area contributed by atoms with E-state index in [0.717, 1.165) is 5.56 Å². The molecule has 0 saturated carbocycles. The lowest BCUT2D eigenvalue weighted by Crippen LogP contribution is -2.41. The van der Waals surface area contributed by atoms with Gasteiger partial charge in [0.05, 0.1) is 11.8 Å². The second kappa shape index (κ2) is 10.9. The van der Waals surface area contributed by atoms with Gasteiger partial charge in [-0.15, -0.1) is 0 Å². The second-order valence-corrected chi connectivity index (χ2v) is 7.68. The van der Waals surface area contributed by atoms with E-state index in [1.54, 1.807) is 36.4 Å². The summed E-state index contributed by atoms with van der Waals surface area (Å²) in [7, 11) is 0. The molecule has 1 heterocycles. The number of aliphatic hydroxyl groups excluding tert-OH is 1. The molecule has 2 amide bonds. The summed E-state index contributed by atoms with van der Waals surface area (Å²) in [5.74, 6) is -1.18. The minimum absolute atomic E-state index is 0.0415. The highest BCUT2D eigenvalue weighted by atomic mass is 16.5. The van der Waals surface area contributed by atoms with E-state index in [9.17, 15) is 19.8 Å². The molecule has 0 spiro atoms. The van der Waals surface area contributed by atoms with Gasteiger partial charge in [0.15, 0.2) is 0 Å². The van der Waals surface area contributed by atoms with Crippen LogP contribution in [0.4, 0.5) is 0 Å². The quantitative estimate of drug-likeness (QED) is 0.293. The number of phenolic OH excluding ortho intramolecular Hbond substituents is 1. The van der Waals surface area contributed by atoms with Crippen molar-refractivity contribution in [2.24, 2.45) is 0 Å². The van der Waals surface area contributed by atoms with E-state index in [-0.39, 0.29) is 29.2 Å². The molecule has 0 aliphatic heterocycles. The average molecular weight is 483 g/mol. The molecule has 0 radical (unpaired) electrons. The van der Waals surface area contributed by atoms with Crippen LogP contribution in [0.1, 0.15) is 38.1 Å². The Bertz CT molecular complexity index is 1420. The van der Waals surface area contributed by atoms with E-state index in [0.29, 0.717) is 16.9 Å². The topological polar surface area (TPSA) is 145 Å². The van der Waals surface area contributed by atoms with Crippen molar-refractivity contribution < 1.29 is 29.0 Å². The molecule has 1 aromatic heterocycles. The molecule has 0 aliphatic rings. The maximum absolute atomic E-state index is 12.7. The molecule has 1 unspecified atom stereocenters. The molecule has 36 heavy (non-hydrogen) atoms. The van der Waals surface area contributed by atoms with E-state index in [1.165, 1.54) is 24.5 Å². The monoisotopic (exact) mass is 483 g/mol. The Morgan fingerprint density at radius 3 is 2.53 bits per heavy atom. The van der Waals surface area contributed by atoms with Gasteiger partial charge in [-0.1, -0.05) is 42.5 Å². The van der Waals surface area contributed by atoms with Crippen molar-refractivity contribution in [1.82, 2.24) is 10.9 Å². The Hall–Kier alpha value is -5.07. The number of phenols is 1. The maximum Gasteiger partial charge on any atom is 0.306 e. The van der Waals surface area contributed by atoms with Gasteiger partial charge >= 0.3 is 5.91 Å². The second-order valence-electron chi connectivity index (χ2n) is 7.68. The summed E-state index contributed by atoms with van der Waals surface area (Å²) < 4.78 is 11.1. The first kappa shape index (κ1) is 24.1. The minimum atomic E-state index is -0.799. The van der Waals surface area contributed by atoms with Crippen LogP contribution in [0.25, 0.3) is 11.1 Å². The van der Waals surface area contributed by atoms with Gasteiger partial charge < -0.3 is 19.4 Å². The number of aromatic hydroxyl groups is 1. The largest absolute Gasteiger partial charge is 0.507 e. The number of carbonyl (C=O) groups excluding carboxylic acids is 2. The predicted molar refractivity (Wildman–Crippen MR) is 129 cm³/mol. The molecule has 4 aromatic rings. The number of benzene rings is 3. The molecule has 4 rings (SSSR count). The molecule has 0 fully saturated rings. The third kappa shape index (κ3) is 5.52. The first-order valence-corrected chi connectivity index (χ1v) is 10.8. The third-order valence-electron chi connectivity index (χ3n) is 5.28. The summed E-state index contributed by atoms with van der Waals surface area (Å²) in [5, 5.41) is 28.9. The summed E-state index contributed by atoms with van der Waals surface area (Å²) in [6.07, 6.45) is 0.546. The number of amides is 2. The Labute approximate surface area is 206 Å². The van der Waals surface area contributed by atoms with E-state index in [2.05, 4.69) is 10.9 Å². The number of hydrogen-bond acceptors (Lipinski definition) is 7. The summed E-state index contributed by atoms with van der Waals surface area (Å²) in [6.45, 7) is 0.0446. The van der Waals surface area contributed by atoms with Crippen LogP contribution in [0.15, 0.2) is 89.5 Å². The van der Waals surface area contributed by atoms with Crippen LogP contribution >= 0.6 is 0 Å². The first-order chi connectivity index (χ1) is 17.5. The van der Waals surface area contributed by atoms with Crippen molar-refractivity contribution in [3.8, 4) is 28.7 Å². The summed E-state index contributed by atoms with van der Waals surface area (Å²) >= 11 is 0. The zero-order chi connectivity index (χ0) is 25.5. The Morgan fingerprint density at radius 1 is 0.972 bits per heavy atom. The SMILES string of the molecule is N#Cc1cc(C(=O)NNC(=O)c2occc2-c2cccc(OCC(O)c3ccccc3)c2)ccc1O. The first-order valence-electron chi connectivity index (χ1n) is 10.8. The number of nitriles is 1. The number of nitrogens with one attached hydrogen (secondary N) is 2. The number of hydrazine groups is 1. The van der Waals surface area contributed by atoms with Crippen molar-refractivity contribution in [3.05, 3.63) is 108 Å². The molecule has 0 aliphatic carbocycles. The zero-order valence-electron chi connectivity index (χ0n) is 18.8. The van der Waals surface area contributed by atoms with E-state index in [1.807, 2.05) is 30.3 Å². The van der Waals surface area contributed by atoms with Gasteiger partial charge in [0, 0.05) is 11.1 Å². The van der Waals surface area contributed by atoms with Crippen LogP contribution in [0.3, 0.4) is 0 Å². The molecule has 0 saturated heterocycles. The normalized spacial score (nSPS) is 11.2. The fourth-order valence-corrected chi connectivity index (χ4v) is 3.42. The van der Waals surface area contributed by atoms with Gasteiger partial charge in [0.25, 0.3) is 5.91 Å². The van der Waals surface area contributed by atoms with E-state index >= 15 is 0 Å². The van der Waals surface area contributed by atoms with Gasteiger partial charge in [-0.25, -0.2) is 0 Å². The molecule has 1 atom stereocenters. The van der Waals surface area contributed by atoms with Crippen LogP contribution in [0, 0.1) is 11.3 Å². The number of aliphatic hydroxyl groups is 1. The summed E-state index contributed by atoms with van der Waals surface area (Å²) in [5.41, 5.74) is 6.37. The fourth-order valence-electron chi connectivity index (χ4n) is 3.42. The van der Waals surface area contributed by atoms with Crippen LogP contribution in [-0.4, -0.2) is 28.6 Å². The van der Waals surface area contributed by atoms with Crippen LogP contribution in [-0.2, 0) is 0 Å². The van der Waals surface area contributed by atoms with Gasteiger partial charge in [0.1, 0.15) is 30.3 Å². The lowest BCUT2D eigenvalue weighted by atomic mass is 10.1. The Balaban J connectivity index is 1.41. The highest BCUT2D eigenvalue weighted by molar-refractivity contribution is 6.01. The number of hydrogen-bond donors (Lipinski definition) is 4. The highest BCUT2D eigenvalue weighted by Crippen LogP contribution is 2.28. The lowest BCUT2D eigenvalue weighted by molar-refractivity contribution is 0.0831. The molecule has 3 aromatic carbocycles. The predicted octanol–water partition coefficient (Wildman–Crippen LogP) is 3.71. The molecule has 9 heteroatoms. The Kier molecular flexibility index (Phi) is 7.29. The fraction of sp³-hybridized carbons (Fsp3) is 0.0741. The zero-order valence-corrected chi connectivity index (χ0v) is 18.8. The molecule has 180 valence electrons. The van der Waals surface area contributed by atoms with Gasteiger partial charge in [-0.2, -0.15) is 5.26 Å². The summed E-state index contributed by atoms with van der Waals surface area (Å²) in [6, 6.07) is 23.2. The number of rotatable bonds is 7. The van der Waals surface area contributed by atoms with Crippen molar-refractivity contribution in [2.45, 2.75) is 6.10 Å². The number of carbonyl (C=O) groups is 2. The third-order valence-corrected chi connectivity index (χ3v) is 5.28. The number of furan rings is 1. The minimum Gasteiger partial charge on any atom is -0.507 e. The standard InChI is InChI=1S/C27H21N3O6/c28-15-20-13-19(9-10-23(20)31)26(33)29-30-27(34)25-22(11-12-35-25)18-7-4-8-21(14-18)36-16-24(32)17-5-2-1-3-6-17/h1-14,24,31-32H,16H2,(H,29,33)(H,30,34). The number of ether oxygens (including phenoxy) is 1. The molecular weight excluding hydrogens is 462 g/mol. The maximum atomic E-state index is 12.7. The lowest BCUT2D eigenvalue weighted by Gasteiger charge is -2.13. The highest BCUT2D eigenvalue weighted by Gasteiger charge is 2.19. The van der Waals surface area contributed by atoms with Crippen molar-refractivity contribution in [3.63, 3.8) is 0 Å². The smallest absolute Gasteiger partial charge is 0.306 e. The van der Waals surface area contributed by atoms with Crippen molar-refractivity contribution in [1.29, 1.82) is 5.26 Å². The molecule has 0 bridgehead atoms. The van der Waals surface area contributed by atoms with Gasteiger partial charge in [-0.3, -0.25) is 20.4 Å². The van der Waals surface area contributed by atoms with Crippen molar-refractivity contribution >= 4 is 11.8 Å². The van der Waals surface area contributed by atoms with Crippen LogP contribution in [0.5, 0.6) is 11.5 Å². The average Bonchev–Trinajstić information content (AvgIpc) is 3.41. The van der Waals surface area contributed by atoms with Gasteiger partial charge in [-0.05, 0) is 47.5 Å². The summed E-state index contributed by atoms with van der Waals surface area (Å²) in [4.78, 5) is 25.0.